The Kier molecular flexibility index (Phi) is 4.90. The van der Waals surface area contributed by atoms with Crippen molar-refractivity contribution >= 4 is 5.91 Å². The van der Waals surface area contributed by atoms with E-state index in [9.17, 15) is 4.79 Å². The molecule has 1 aliphatic rings. The maximum Gasteiger partial charge on any atom is 0.251 e. The van der Waals surface area contributed by atoms with E-state index in [1.165, 1.54) is 0 Å². The third kappa shape index (κ3) is 4.02. The number of aliphatic hydroxyl groups excluding tert-OH is 1. The summed E-state index contributed by atoms with van der Waals surface area (Å²) in [6.45, 7) is 4.67. The van der Waals surface area contributed by atoms with Crippen LogP contribution < -0.4 is 10.6 Å². The molecule has 0 saturated heterocycles. The van der Waals surface area contributed by atoms with Crippen molar-refractivity contribution in [3.63, 3.8) is 0 Å². The van der Waals surface area contributed by atoms with Gasteiger partial charge in [0.1, 0.15) is 0 Å². The number of carbonyl (C=O) groups excluding carboxylic acids is 1. The fourth-order valence-corrected chi connectivity index (χ4v) is 1.99. The van der Waals surface area contributed by atoms with E-state index in [1.807, 2.05) is 18.2 Å². The number of hydrogen-bond acceptors (Lipinski definition) is 4. The normalized spacial score (nSPS) is 15.1. The van der Waals surface area contributed by atoms with Gasteiger partial charge in [-0.3, -0.25) is 4.79 Å². The molecular weight excluding hydrogens is 244 g/mol. The quantitative estimate of drug-likeness (QED) is 0.651. The third-order valence-corrected chi connectivity index (χ3v) is 3.01. The monoisotopic (exact) mass is 264 g/mol. The molecule has 3 N–H and O–H groups in total. The van der Waals surface area contributed by atoms with Crippen LogP contribution in [0.15, 0.2) is 18.2 Å². The highest BCUT2D eigenvalue weighted by Crippen LogP contribution is 2.20. The molecule has 1 unspecified atom stereocenters. The minimum Gasteiger partial charge on any atom is -0.392 e. The number of hydrogen-bond donors (Lipinski definition) is 3. The van der Waals surface area contributed by atoms with Crippen molar-refractivity contribution in [3.05, 3.63) is 34.9 Å². The largest absolute Gasteiger partial charge is 0.392 e. The maximum absolute atomic E-state index is 11.9. The van der Waals surface area contributed by atoms with Crippen molar-refractivity contribution < 1.29 is 14.6 Å². The summed E-state index contributed by atoms with van der Waals surface area (Å²) >= 11 is 0. The molecule has 0 bridgehead atoms. The molecule has 0 saturated carbocycles. The summed E-state index contributed by atoms with van der Waals surface area (Å²) in [5.41, 5.74) is 2.93. The van der Waals surface area contributed by atoms with Gasteiger partial charge in [0, 0.05) is 25.2 Å². The lowest BCUT2D eigenvalue weighted by Crippen LogP contribution is -2.34. The minimum absolute atomic E-state index is 0.0754. The molecule has 0 fully saturated rings. The predicted octanol–water partition coefficient (Wildman–Crippen LogP) is 0.417. The summed E-state index contributed by atoms with van der Waals surface area (Å²) < 4.78 is 5.32. The number of carbonyl (C=O) groups is 1. The lowest BCUT2D eigenvalue weighted by molar-refractivity contribution is 0.0953. The molecule has 1 heterocycles. The van der Waals surface area contributed by atoms with Crippen LogP contribution >= 0.6 is 0 Å². The Bertz CT molecular complexity index is 446. The van der Waals surface area contributed by atoms with Gasteiger partial charge in [-0.2, -0.15) is 0 Å². The smallest absolute Gasteiger partial charge is 0.251 e. The summed E-state index contributed by atoms with van der Waals surface area (Å²) in [6, 6.07) is 5.66. The second kappa shape index (κ2) is 6.65. The van der Waals surface area contributed by atoms with Crippen molar-refractivity contribution in [1.82, 2.24) is 10.6 Å². The first-order chi connectivity index (χ1) is 9.16. The van der Waals surface area contributed by atoms with Crippen LogP contribution in [0.5, 0.6) is 0 Å². The molecule has 1 atom stereocenters. The number of nitrogens with one attached hydrogen (secondary N) is 2. The number of ether oxygens (including phenoxy) is 1. The summed E-state index contributed by atoms with van der Waals surface area (Å²) in [7, 11) is 0. The second-order valence-corrected chi connectivity index (χ2v) is 4.79. The van der Waals surface area contributed by atoms with Crippen LogP contribution in [0.4, 0.5) is 0 Å². The van der Waals surface area contributed by atoms with E-state index < -0.39 is 0 Å². The Balaban J connectivity index is 1.77. The first kappa shape index (κ1) is 14.0. The molecule has 1 aliphatic heterocycles. The Morgan fingerprint density at radius 1 is 1.37 bits per heavy atom. The van der Waals surface area contributed by atoms with E-state index >= 15 is 0 Å². The maximum atomic E-state index is 11.9. The van der Waals surface area contributed by atoms with Gasteiger partial charge in [0.05, 0.1) is 19.3 Å². The summed E-state index contributed by atoms with van der Waals surface area (Å²) in [4.78, 5) is 11.9. The van der Waals surface area contributed by atoms with E-state index in [0.717, 1.165) is 11.1 Å². The molecule has 104 valence electrons. The number of amides is 1. The van der Waals surface area contributed by atoms with Gasteiger partial charge in [-0.1, -0.05) is 6.07 Å². The zero-order valence-corrected chi connectivity index (χ0v) is 11.1. The highest BCUT2D eigenvalue weighted by Gasteiger charge is 2.13. The van der Waals surface area contributed by atoms with Gasteiger partial charge in [-0.15, -0.1) is 0 Å². The van der Waals surface area contributed by atoms with Crippen LogP contribution in [0.3, 0.4) is 0 Å². The molecule has 1 aromatic rings. The Morgan fingerprint density at radius 2 is 2.16 bits per heavy atom. The third-order valence-electron chi connectivity index (χ3n) is 3.01. The zero-order valence-electron chi connectivity index (χ0n) is 11.1. The number of rotatable bonds is 6. The van der Waals surface area contributed by atoms with Crippen LogP contribution in [-0.2, 0) is 18.0 Å². The number of aliphatic hydroxyl groups is 1. The van der Waals surface area contributed by atoms with Crippen molar-refractivity contribution in [2.24, 2.45) is 0 Å². The van der Waals surface area contributed by atoms with Gasteiger partial charge < -0.3 is 20.5 Å². The van der Waals surface area contributed by atoms with Crippen LogP contribution in [0.25, 0.3) is 0 Å². The van der Waals surface area contributed by atoms with Crippen LogP contribution in [-0.4, -0.2) is 36.8 Å². The van der Waals surface area contributed by atoms with Gasteiger partial charge in [-0.05, 0) is 30.2 Å². The molecule has 0 aliphatic carbocycles. The van der Waals surface area contributed by atoms with E-state index in [2.05, 4.69) is 10.6 Å². The average Bonchev–Trinajstić information content (AvgIpc) is 2.84. The van der Waals surface area contributed by atoms with E-state index in [-0.39, 0.29) is 12.0 Å². The lowest BCUT2D eigenvalue weighted by atomic mass is 10.1. The Labute approximate surface area is 113 Å². The van der Waals surface area contributed by atoms with Crippen LogP contribution in [0.1, 0.15) is 28.4 Å². The SMILES string of the molecule is CC(O)CNCCNC(=O)c1ccc2c(c1)COC2. The van der Waals surface area contributed by atoms with Crippen LogP contribution in [0, 0.1) is 0 Å². The summed E-state index contributed by atoms with van der Waals surface area (Å²) in [6.07, 6.45) is -0.368. The van der Waals surface area contributed by atoms with E-state index in [0.29, 0.717) is 38.4 Å². The zero-order chi connectivity index (χ0) is 13.7. The Morgan fingerprint density at radius 3 is 2.95 bits per heavy atom. The first-order valence-electron chi connectivity index (χ1n) is 6.53. The molecule has 1 aromatic carbocycles. The van der Waals surface area contributed by atoms with Crippen LogP contribution in [0.2, 0.25) is 0 Å². The highest BCUT2D eigenvalue weighted by molar-refractivity contribution is 5.94. The predicted molar refractivity (Wildman–Crippen MR) is 71.8 cm³/mol. The first-order valence-corrected chi connectivity index (χ1v) is 6.53. The van der Waals surface area contributed by atoms with Crippen molar-refractivity contribution in [3.8, 4) is 0 Å². The molecule has 0 spiro atoms. The fourth-order valence-electron chi connectivity index (χ4n) is 1.99. The van der Waals surface area contributed by atoms with Crippen molar-refractivity contribution in [2.75, 3.05) is 19.6 Å². The van der Waals surface area contributed by atoms with E-state index in [4.69, 9.17) is 9.84 Å². The van der Waals surface area contributed by atoms with E-state index in [1.54, 1.807) is 6.92 Å². The van der Waals surface area contributed by atoms with Gasteiger partial charge in [0.25, 0.3) is 5.91 Å². The molecule has 0 radical (unpaired) electrons. The van der Waals surface area contributed by atoms with Gasteiger partial charge in [-0.25, -0.2) is 0 Å². The molecule has 5 nitrogen and oxygen atoms in total. The summed E-state index contributed by atoms with van der Waals surface area (Å²) in [5.74, 6) is -0.0754. The molecule has 5 heteroatoms. The topological polar surface area (TPSA) is 70.6 Å². The minimum atomic E-state index is -0.368. The Hall–Kier alpha value is -1.43. The number of fused-ring (bicyclic) bond motifs is 1. The molecule has 19 heavy (non-hydrogen) atoms. The molecule has 1 amide bonds. The molecule has 2 rings (SSSR count). The standard InChI is InChI=1S/C14H20N2O3/c1-10(17)7-15-4-5-16-14(18)11-2-3-12-8-19-9-13(12)6-11/h2-3,6,10,15,17H,4-5,7-9H2,1H3,(H,16,18). The van der Waals surface area contributed by atoms with Crippen molar-refractivity contribution in [1.29, 1.82) is 0 Å². The van der Waals surface area contributed by atoms with Gasteiger partial charge in [0.15, 0.2) is 0 Å². The van der Waals surface area contributed by atoms with Crippen molar-refractivity contribution in [2.45, 2.75) is 26.2 Å². The highest BCUT2D eigenvalue weighted by atomic mass is 16.5. The average molecular weight is 264 g/mol. The van der Waals surface area contributed by atoms with Gasteiger partial charge >= 0.3 is 0 Å². The lowest BCUT2D eigenvalue weighted by Gasteiger charge is -2.08. The second-order valence-electron chi connectivity index (χ2n) is 4.79. The fraction of sp³-hybridized carbons (Fsp3) is 0.500. The summed E-state index contributed by atoms with van der Waals surface area (Å²) in [5, 5.41) is 15.0. The number of benzene rings is 1. The van der Waals surface area contributed by atoms with Gasteiger partial charge in [0.2, 0.25) is 0 Å². The molecular formula is C14H20N2O3. The molecule has 0 aromatic heterocycles.